The molecule has 0 N–H and O–H groups in total. The Hall–Kier alpha value is -3.72. The lowest BCUT2D eigenvalue weighted by Crippen LogP contribution is -2.42. The molecule has 0 aliphatic heterocycles. The fourth-order valence-electron chi connectivity index (χ4n) is 3.82. The Kier molecular flexibility index (Phi) is 6.65. The van der Waals surface area contributed by atoms with E-state index in [1.807, 2.05) is 24.3 Å². The van der Waals surface area contributed by atoms with Gasteiger partial charge in [-0.15, -0.1) is 11.3 Å². The Morgan fingerprint density at radius 2 is 1.76 bits per heavy atom. The number of benzene rings is 2. The van der Waals surface area contributed by atoms with Gasteiger partial charge in [-0.25, -0.2) is 13.8 Å². The van der Waals surface area contributed by atoms with E-state index >= 15 is 0 Å². The predicted molar refractivity (Wildman–Crippen MR) is 129 cm³/mol. The highest BCUT2D eigenvalue weighted by atomic mass is 32.1. The van der Waals surface area contributed by atoms with Crippen LogP contribution in [0.3, 0.4) is 0 Å². The number of halogens is 1. The van der Waals surface area contributed by atoms with Crippen LogP contribution in [0.1, 0.15) is 18.1 Å². The van der Waals surface area contributed by atoms with Gasteiger partial charge in [-0.2, -0.15) is 0 Å². The third-order valence-electron chi connectivity index (χ3n) is 5.53. The number of methoxy groups -OCH3 is 1. The minimum atomic E-state index is -0.698. The molecular weight excluding hydrogens is 459 g/mol. The summed E-state index contributed by atoms with van der Waals surface area (Å²) in [6, 6.07) is 13.5. The molecule has 7 nitrogen and oxygen atoms in total. The van der Waals surface area contributed by atoms with Gasteiger partial charge in [0.25, 0.3) is 5.56 Å². The molecule has 0 radical (unpaired) electrons. The van der Waals surface area contributed by atoms with Gasteiger partial charge in [0.1, 0.15) is 22.9 Å². The first-order valence-corrected chi connectivity index (χ1v) is 11.5. The third kappa shape index (κ3) is 4.26. The minimum Gasteiger partial charge on any atom is -0.497 e. The number of carbonyl (C=O) groups is 1. The summed E-state index contributed by atoms with van der Waals surface area (Å²) in [5, 5.41) is 0.316. The van der Waals surface area contributed by atoms with E-state index in [-0.39, 0.29) is 13.2 Å². The molecule has 0 unspecified atom stereocenters. The van der Waals surface area contributed by atoms with Crippen LogP contribution in [0.2, 0.25) is 0 Å². The molecule has 0 saturated carbocycles. The summed E-state index contributed by atoms with van der Waals surface area (Å²) < 4.78 is 26.8. The van der Waals surface area contributed by atoms with E-state index in [4.69, 9.17) is 9.47 Å². The highest BCUT2D eigenvalue weighted by Gasteiger charge is 2.22. The number of thiophene rings is 1. The Balaban J connectivity index is 1.98. The molecule has 0 spiro atoms. The van der Waals surface area contributed by atoms with E-state index in [1.54, 1.807) is 39.2 Å². The molecule has 0 aliphatic rings. The standard InChI is InChI=1S/C25H23FN2O5S/c1-4-33-20(29)14-27-23(30)21-15(2)22(16-9-11-18(32-3)12-10-16)34-24(21)28(25(27)31)13-17-7-5-6-8-19(17)26/h5-12H,4,13-14H2,1-3H3. The van der Waals surface area contributed by atoms with E-state index in [2.05, 4.69) is 0 Å². The van der Waals surface area contributed by atoms with Crippen molar-refractivity contribution in [3.8, 4) is 16.2 Å². The SMILES string of the molecule is CCOC(=O)Cn1c(=O)c2c(C)c(-c3ccc(OC)cc3)sc2n(Cc2ccccc2F)c1=O. The van der Waals surface area contributed by atoms with Gasteiger partial charge < -0.3 is 9.47 Å². The third-order valence-corrected chi connectivity index (χ3v) is 6.89. The Morgan fingerprint density at radius 3 is 2.41 bits per heavy atom. The van der Waals surface area contributed by atoms with Crippen LogP contribution in [0, 0.1) is 12.7 Å². The Labute approximate surface area is 198 Å². The lowest BCUT2D eigenvalue weighted by molar-refractivity contribution is -0.143. The Morgan fingerprint density at radius 1 is 1.06 bits per heavy atom. The molecule has 2 aromatic carbocycles. The molecule has 0 bridgehead atoms. The first-order valence-electron chi connectivity index (χ1n) is 10.7. The summed E-state index contributed by atoms with van der Waals surface area (Å²) >= 11 is 1.28. The first-order chi connectivity index (χ1) is 16.3. The van der Waals surface area contributed by atoms with Crippen molar-refractivity contribution in [2.75, 3.05) is 13.7 Å². The van der Waals surface area contributed by atoms with Crippen LogP contribution in [-0.4, -0.2) is 28.8 Å². The number of aryl methyl sites for hydroxylation is 1. The van der Waals surface area contributed by atoms with Crippen molar-refractivity contribution < 1.29 is 18.7 Å². The van der Waals surface area contributed by atoms with Gasteiger partial charge >= 0.3 is 11.7 Å². The molecular formula is C25H23FN2O5S. The second kappa shape index (κ2) is 9.64. The van der Waals surface area contributed by atoms with Crippen LogP contribution in [0.5, 0.6) is 5.75 Å². The zero-order valence-electron chi connectivity index (χ0n) is 19.0. The molecule has 0 aliphatic carbocycles. The first kappa shape index (κ1) is 23.4. The highest BCUT2D eigenvalue weighted by molar-refractivity contribution is 7.22. The average molecular weight is 483 g/mol. The van der Waals surface area contributed by atoms with Crippen LogP contribution in [0.15, 0.2) is 58.1 Å². The quantitative estimate of drug-likeness (QED) is 0.373. The van der Waals surface area contributed by atoms with E-state index in [0.717, 1.165) is 15.0 Å². The summed E-state index contributed by atoms with van der Waals surface area (Å²) in [7, 11) is 1.58. The number of aromatic nitrogens is 2. The van der Waals surface area contributed by atoms with E-state index < -0.39 is 29.6 Å². The van der Waals surface area contributed by atoms with Crippen molar-refractivity contribution in [1.29, 1.82) is 0 Å². The van der Waals surface area contributed by atoms with Crippen LogP contribution in [0.4, 0.5) is 4.39 Å². The molecule has 9 heteroatoms. The zero-order chi connectivity index (χ0) is 24.4. The normalized spacial score (nSPS) is 11.1. The second-order valence-electron chi connectivity index (χ2n) is 7.62. The predicted octanol–water partition coefficient (Wildman–Crippen LogP) is 3.96. The molecule has 2 aromatic heterocycles. The fourth-order valence-corrected chi connectivity index (χ4v) is 5.12. The zero-order valence-corrected chi connectivity index (χ0v) is 19.8. The smallest absolute Gasteiger partial charge is 0.332 e. The van der Waals surface area contributed by atoms with Crippen molar-refractivity contribution >= 4 is 27.5 Å². The number of esters is 1. The average Bonchev–Trinajstić information content (AvgIpc) is 3.18. The number of fused-ring (bicyclic) bond motifs is 1. The maximum absolute atomic E-state index is 14.5. The van der Waals surface area contributed by atoms with Gasteiger partial charge in [-0.3, -0.25) is 14.2 Å². The molecule has 0 atom stereocenters. The lowest BCUT2D eigenvalue weighted by Gasteiger charge is -2.12. The summed E-state index contributed by atoms with van der Waals surface area (Å²) in [6.07, 6.45) is 0. The van der Waals surface area contributed by atoms with Crippen molar-refractivity contribution in [3.63, 3.8) is 0 Å². The summed E-state index contributed by atoms with van der Waals surface area (Å²) in [5.41, 5.74) is 0.544. The van der Waals surface area contributed by atoms with Gasteiger partial charge in [0, 0.05) is 10.4 Å². The fraction of sp³-hybridized carbons (Fsp3) is 0.240. The maximum Gasteiger partial charge on any atom is 0.332 e. The summed E-state index contributed by atoms with van der Waals surface area (Å²) in [6.45, 7) is 2.95. The number of carbonyl (C=O) groups excluding carboxylic acids is 1. The number of hydrogen-bond acceptors (Lipinski definition) is 6. The number of rotatable bonds is 7. The summed E-state index contributed by atoms with van der Waals surface area (Å²) in [5.74, 6) is -0.466. The van der Waals surface area contributed by atoms with E-state index in [1.165, 1.54) is 22.0 Å². The molecule has 0 fully saturated rings. The van der Waals surface area contributed by atoms with Gasteiger partial charge in [-0.1, -0.05) is 18.2 Å². The van der Waals surface area contributed by atoms with E-state index in [0.29, 0.717) is 27.1 Å². The van der Waals surface area contributed by atoms with Crippen LogP contribution in [-0.2, 0) is 22.6 Å². The molecule has 176 valence electrons. The molecule has 34 heavy (non-hydrogen) atoms. The van der Waals surface area contributed by atoms with Crippen molar-refractivity contribution in [2.45, 2.75) is 26.9 Å². The molecule has 0 saturated heterocycles. The van der Waals surface area contributed by atoms with Gasteiger partial charge in [0.15, 0.2) is 0 Å². The van der Waals surface area contributed by atoms with Gasteiger partial charge in [-0.05, 0) is 55.3 Å². The molecule has 4 rings (SSSR count). The molecule has 4 aromatic rings. The number of ether oxygens (including phenoxy) is 2. The van der Waals surface area contributed by atoms with Crippen molar-refractivity contribution in [3.05, 3.63) is 86.3 Å². The van der Waals surface area contributed by atoms with Gasteiger partial charge in [0.05, 0.1) is 25.6 Å². The molecule has 0 amide bonds. The van der Waals surface area contributed by atoms with Crippen LogP contribution < -0.4 is 16.0 Å². The largest absolute Gasteiger partial charge is 0.497 e. The van der Waals surface area contributed by atoms with Crippen molar-refractivity contribution in [1.82, 2.24) is 9.13 Å². The number of nitrogens with zero attached hydrogens (tertiary/aromatic N) is 2. The highest BCUT2D eigenvalue weighted by Crippen LogP contribution is 2.37. The van der Waals surface area contributed by atoms with Crippen LogP contribution >= 0.6 is 11.3 Å². The van der Waals surface area contributed by atoms with Crippen LogP contribution in [0.25, 0.3) is 20.7 Å². The van der Waals surface area contributed by atoms with Crippen molar-refractivity contribution in [2.24, 2.45) is 0 Å². The lowest BCUT2D eigenvalue weighted by atomic mass is 10.1. The maximum atomic E-state index is 14.5. The molecule has 2 heterocycles. The van der Waals surface area contributed by atoms with Gasteiger partial charge in [0.2, 0.25) is 0 Å². The Bertz CT molecular complexity index is 1480. The number of hydrogen-bond donors (Lipinski definition) is 0. The second-order valence-corrected chi connectivity index (χ2v) is 8.62. The van der Waals surface area contributed by atoms with E-state index in [9.17, 15) is 18.8 Å². The monoisotopic (exact) mass is 482 g/mol. The topological polar surface area (TPSA) is 79.5 Å². The minimum absolute atomic E-state index is 0.0902. The summed E-state index contributed by atoms with van der Waals surface area (Å²) in [4.78, 5) is 40.1.